The molecule has 1 aromatic heterocycles. The zero-order valence-corrected chi connectivity index (χ0v) is 17.0. The van der Waals surface area contributed by atoms with Crippen molar-refractivity contribution in [3.8, 4) is 11.4 Å². The van der Waals surface area contributed by atoms with Crippen LogP contribution in [0.1, 0.15) is 37.1 Å². The van der Waals surface area contributed by atoms with Crippen LogP contribution in [0.3, 0.4) is 0 Å². The van der Waals surface area contributed by atoms with Crippen molar-refractivity contribution in [1.82, 2.24) is 15.0 Å². The summed E-state index contributed by atoms with van der Waals surface area (Å²) in [4.78, 5) is 18.8. The molecule has 0 saturated carbocycles. The van der Waals surface area contributed by atoms with Crippen LogP contribution >= 0.6 is 0 Å². The molecule has 3 aromatic rings. The molecule has 1 aliphatic heterocycles. The summed E-state index contributed by atoms with van der Waals surface area (Å²) < 4.78 is 18.3. The first-order valence-electron chi connectivity index (χ1n) is 10.6. The predicted molar refractivity (Wildman–Crippen MR) is 112 cm³/mol. The fourth-order valence-corrected chi connectivity index (χ4v) is 3.93. The van der Waals surface area contributed by atoms with Gasteiger partial charge in [0.25, 0.3) is 0 Å². The molecule has 156 valence electrons. The van der Waals surface area contributed by atoms with Gasteiger partial charge < -0.3 is 9.42 Å². The third-order valence-corrected chi connectivity index (χ3v) is 5.77. The first kappa shape index (κ1) is 20.3. The van der Waals surface area contributed by atoms with Crippen molar-refractivity contribution in [1.29, 1.82) is 0 Å². The Morgan fingerprint density at radius 3 is 2.50 bits per heavy atom. The van der Waals surface area contributed by atoms with Gasteiger partial charge in [-0.2, -0.15) is 4.98 Å². The Morgan fingerprint density at radius 2 is 1.77 bits per heavy atom. The minimum absolute atomic E-state index is 0.137. The van der Waals surface area contributed by atoms with Gasteiger partial charge in [0.2, 0.25) is 17.6 Å². The van der Waals surface area contributed by atoms with Crippen LogP contribution in [0.15, 0.2) is 59.1 Å². The van der Waals surface area contributed by atoms with Crippen LogP contribution in [0.5, 0.6) is 0 Å². The molecular formula is C24H26FN3O2. The number of aryl methyl sites for hydroxylation is 2. The number of aromatic nitrogens is 2. The second-order valence-electron chi connectivity index (χ2n) is 7.87. The highest BCUT2D eigenvalue weighted by molar-refractivity contribution is 5.76. The van der Waals surface area contributed by atoms with E-state index in [-0.39, 0.29) is 11.7 Å². The molecule has 2 aromatic carbocycles. The van der Waals surface area contributed by atoms with Gasteiger partial charge >= 0.3 is 0 Å². The number of likely N-dealkylation sites (tertiary alicyclic amines) is 1. The van der Waals surface area contributed by atoms with Crippen LogP contribution in [-0.2, 0) is 17.6 Å². The summed E-state index contributed by atoms with van der Waals surface area (Å²) in [7, 11) is 0. The Hall–Kier alpha value is -3.02. The molecule has 2 heterocycles. The summed E-state index contributed by atoms with van der Waals surface area (Å²) in [6.45, 7) is 1.64. The lowest BCUT2D eigenvalue weighted by atomic mass is 9.90. The summed E-state index contributed by atoms with van der Waals surface area (Å²) in [5.41, 5.74) is 2.07. The van der Waals surface area contributed by atoms with Gasteiger partial charge in [0, 0.05) is 31.5 Å². The molecule has 0 atom stereocenters. The molecule has 0 N–H and O–H groups in total. The Balaban J connectivity index is 1.20. The topological polar surface area (TPSA) is 59.2 Å². The smallest absolute Gasteiger partial charge is 0.227 e. The normalized spacial score (nSPS) is 14.8. The van der Waals surface area contributed by atoms with E-state index < -0.39 is 0 Å². The van der Waals surface area contributed by atoms with Crippen molar-refractivity contribution in [2.75, 3.05) is 13.1 Å². The average Bonchev–Trinajstić information content (AvgIpc) is 3.27. The highest BCUT2D eigenvalue weighted by Crippen LogP contribution is 2.23. The van der Waals surface area contributed by atoms with E-state index in [2.05, 4.69) is 34.4 Å². The van der Waals surface area contributed by atoms with Crippen LogP contribution in [0, 0.1) is 11.7 Å². The van der Waals surface area contributed by atoms with E-state index in [0.717, 1.165) is 32.4 Å². The Labute approximate surface area is 175 Å². The van der Waals surface area contributed by atoms with Crippen LogP contribution < -0.4 is 0 Å². The Morgan fingerprint density at radius 1 is 1.03 bits per heavy atom. The Kier molecular flexibility index (Phi) is 6.52. The average molecular weight is 407 g/mol. The molecule has 0 unspecified atom stereocenters. The van der Waals surface area contributed by atoms with Gasteiger partial charge in [0.15, 0.2) is 0 Å². The van der Waals surface area contributed by atoms with Gasteiger partial charge in [-0.1, -0.05) is 35.5 Å². The maximum Gasteiger partial charge on any atom is 0.227 e. The Bertz CT molecular complexity index is 948. The number of hydrogen-bond acceptors (Lipinski definition) is 4. The van der Waals surface area contributed by atoms with Crippen molar-refractivity contribution in [2.45, 2.75) is 38.5 Å². The van der Waals surface area contributed by atoms with E-state index in [1.165, 1.54) is 24.1 Å². The fourth-order valence-electron chi connectivity index (χ4n) is 3.93. The summed E-state index contributed by atoms with van der Waals surface area (Å²) in [5, 5.41) is 3.93. The minimum atomic E-state index is -0.308. The fraction of sp³-hybridized carbons (Fsp3) is 0.375. The lowest BCUT2D eigenvalue weighted by Gasteiger charge is -2.32. The number of carbonyl (C=O) groups is 1. The van der Waals surface area contributed by atoms with E-state index in [1.807, 2.05) is 11.0 Å². The van der Waals surface area contributed by atoms with Crippen LogP contribution in [-0.4, -0.2) is 34.0 Å². The van der Waals surface area contributed by atoms with E-state index >= 15 is 0 Å². The van der Waals surface area contributed by atoms with Crippen LogP contribution in [0.25, 0.3) is 11.4 Å². The molecule has 0 spiro atoms. The molecule has 1 fully saturated rings. The van der Waals surface area contributed by atoms with Gasteiger partial charge in [-0.25, -0.2) is 4.39 Å². The molecule has 1 amide bonds. The first-order valence-corrected chi connectivity index (χ1v) is 10.6. The van der Waals surface area contributed by atoms with Gasteiger partial charge in [0.05, 0.1) is 0 Å². The lowest BCUT2D eigenvalue weighted by Crippen LogP contribution is -2.38. The quantitative estimate of drug-likeness (QED) is 0.571. The van der Waals surface area contributed by atoms with Gasteiger partial charge in [-0.15, -0.1) is 0 Å². The minimum Gasteiger partial charge on any atom is -0.343 e. The van der Waals surface area contributed by atoms with E-state index in [4.69, 9.17) is 4.52 Å². The summed E-state index contributed by atoms with van der Waals surface area (Å²) in [6.07, 6.45) is 5.19. The van der Waals surface area contributed by atoms with E-state index in [0.29, 0.717) is 36.0 Å². The number of halogens is 1. The number of hydrogen-bond donors (Lipinski definition) is 0. The zero-order valence-electron chi connectivity index (χ0n) is 17.0. The lowest BCUT2D eigenvalue weighted by molar-refractivity contribution is -0.132. The third-order valence-electron chi connectivity index (χ3n) is 5.77. The number of benzene rings is 2. The van der Waals surface area contributed by atoms with Crippen LogP contribution in [0.4, 0.5) is 4.39 Å². The number of rotatable bonds is 7. The number of carbonyl (C=O) groups excluding carboxylic acids is 1. The van der Waals surface area contributed by atoms with Crippen molar-refractivity contribution in [3.05, 3.63) is 71.9 Å². The van der Waals surface area contributed by atoms with Crippen molar-refractivity contribution >= 4 is 5.91 Å². The molecule has 5 nitrogen and oxygen atoms in total. The summed E-state index contributed by atoms with van der Waals surface area (Å²) in [6, 6.07) is 16.5. The summed E-state index contributed by atoms with van der Waals surface area (Å²) >= 11 is 0. The van der Waals surface area contributed by atoms with E-state index in [1.54, 1.807) is 12.1 Å². The highest BCUT2D eigenvalue weighted by atomic mass is 19.1. The molecule has 30 heavy (non-hydrogen) atoms. The SMILES string of the molecule is O=C(CCc1nc(-c2ccc(F)cc2)no1)N1CCC(CCc2ccccc2)CC1. The molecule has 0 bridgehead atoms. The third kappa shape index (κ3) is 5.32. The number of amides is 1. The van der Waals surface area contributed by atoms with Gasteiger partial charge in [-0.3, -0.25) is 4.79 Å². The first-order chi connectivity index (χ1) is 14.7. The molecule has 0 radical (unpaired) electrons. The molecule has 6 heteroatoms. The van der Waals surface area contributed by atoms with Crippen LogP contribution in [0.2, 0.25) is 0 Å². The van der Waals surface area contributed by atoms with Crippen molar-refractivity contribution in [3.63, 3.8) is 0 Å². The van der Waals surface area contributed by atoms with Crippen molar-refractivity contribution < 1.29 is 13.7 Å². The predicted octanol–water partition coefficient (Wildman–Crippen LogP) is 4.68. The highest BCUT2D eigenvalue weighted by Gasteiger charge is 2.23. The maximum absolute atomic E-state index is 13.0. The molecule has 0 aliphatic carbocycles. The number of piperidine rings is 1. The van der Waals surface area contributed by atoms with E-state index in [9.17, 15) is 9.18 Å². The zero-order chi connectivity index (χ0) is 20.8. The molecule has 4 rings (SSSR count). The summed E-state index contributed by atoms with van der Waals surface area (Å²) in [5.74, 6) is 1.36. The molecule has 1 aliphatic rings. The largest absolute Gasteiger partial charge is 0.343 e. The molecular weight excluding hydrogens is 381 g/mol. The molecule has 1 saturated heterocycles. The maximum atomic E-state index is 13.0. The van der Waals surface area contributed by atoms with Crippen molar-refractivity contribution in [2.24, 2.45) is 5.92 Å². The second kappa shape index (κ2) is 9.65. The van der Waals surface area contributed by atoms with Gasteiger partial charge in [-0.05, 0) is 61.4 Å². The van der Waals surface area contributed by atoms with Gasteiger partial charge in [0.1, 0.15) is 5.82 Å². The number of nitrogens with zero attached hydrogens (tertiary/aromatic N) is 3. The standard InChI is InChI=1S/C24H26FN3O2/c25-21-10-8-20(9-11-21)24-26-22(30-27-24)12-13-23(29)28-16-14-19(15-17-28)7-6-18-4-2-1-3-5-18/h1-5,8-11,19H,6-7,12-17H2. The monoisotopic (exact) mass is 407 g/mol. The second-order valence-corrected chi connectivity index (χ2v) is 7.87.